The number of benzene rings is 1. The Morgan fingerprint density at radius 2 is 2.00 bits per heavy atom. The van der Waals surface area contributed by atoms with E-state index >= 15 is 0 Å². The quantitative estimate of drug-likeness (QED) is 0.705. The second-order valence-corrected chi connectivity index (χ2v) is 9.64. The fourth-order valence-electron chi connectivity index (χ4n) is 3.43. The summed E-state index contributed by atoms with van der Waals surface area (Å²) in [5.74, 6) is 1.34. The first kappa shape index (κ1) is 19.3. The van der Waals surface area contributed by atoms with Crippen molar-refractivity contribution in [1.82, 2.24) is 19.2 Å². The molecule has 0 unspecified atom stereocenters. The van der Waals surface area contributed by atoms with Crippen molar-refractivity contribution >= 4 is 22.1 Å². The van der Waals surface area contributed by atoms with Crippen LogP contribution in [0.2, 0.25) is 0 Å². The summed E-state index contributed by atoms with van der Waals surface area (Å²) in [4.78, 5) is 2.20. The highest BCUT2D eigenvalue weighted by Gasteiger charge is 2.32. The Morgan fingerprint density at radius 3 is 2.58 bits per heavy atom. The lowest BCUT2D eigenvalue weighted by Crippen LogP contribution is -2.38. The van der Waals surface area contributed by atoms with E-state index < -0.39 is 9.84 Å². The van der Waals surface area contributed by atoms with Gasteiger partial charge in [0.25, 0.3) is 0 Å². The SMILES string of the molecule is CCCN(Cn1nc(-c2ccc(C)cc2)n(C)c1=S)[C@H]1CCS(=O)(=O)C1. The lowest BCUT2D eigenvalue weighted by atomic mass is 10.1. The number of rotatable bonds is 6. The summed E-state index contributed by atoms with van der Waals surface area (Å²) < 4.78 is 28.1. The predicted molar refractivity (Wildman–Crippen MR) is 106 cm³/mol. The summed E-state index contributed by atoms with van der Waals surface area (Å²) in [7, 11) is -0.992. The molecule has 6 nitrogen and oxygen atoms in total. The van der Waals surface area contributed by atoms with Gasteiger partial charge in [0.05, 0.1) is 18.2 Å². The molecule has 1 saturated heterocycles. The van der Waals surface area contributed by atoms with E-state index in [0.717, 1.165) is 24.4 Å². The second-order valence-electron chi connectivity index (χ2n) is 7.04. The molecule has 0 spiro atoms. The lowest BCUT2D eigenvalue weighted by molar-refractivity contribution is 0.155. The molecule has 0 amide bonds. The average Bonchev–Trinajstić information content (AvgIpc) is 3.09. The third-order valence-electron chi connectivity index (χ3n) is 4.90. The third-order valence-corrected chi connectivity index (χ3v) is 7.14. The Balaban J connectivity index is 1.87. The fourth-order valence-corrected chi connectivity index (χ4v) is 5.37. The van der Waals surface area contributed by atoms with Gasteiger partial charge in [0, 0.05) is 18.7 Å². The van der Waals surface area contributed by atoms with Gasteiger partial charge in [0.15, 0.2) is 20.4 Å². The fraction of sp³-hybridized carbons (Fsp3) is 0.556. The standard InChI is InChI=1S/C18H26N4O2S2/c1-4-10-21(16-9-11-26(23,24)12-16)13-22-18(25)20(3)17(19-22)15-7-5-14(2)6-8-15/h5-8,16H,4,9-13H2,1-3H3/t16-/m0/s1. The van der Waals surface area contributed by atoms with E-state index in [4.69, 9.17) is 17.3 Å². The molecular weight excluding hydrogens is 368 g/mol. The largest absolute Gasteiger partial charge is 0.303 e. The third kappa shape index (κ3) is 4.07. The number of aromatic nitrogens is 3. The van der Waals surface area contributed by atoms with E-state index in [9.17, 15) is 8.42 Å². The van der Waals surface area contributed by atoms with Gasteiger partial charge in [-0.25, -0.2) is 13.1 Å². The zero-order valence-corrected chi connectivity index (χ0v) is 17.2. The maximum atomic E-state index is 11.9. The molecule has 0 bridgehead atoms. The molecule has 8 heteroatoms. The molecule has 1 aromatic carbocycles. The van der Waals surface area contributed by atoms with Crippen molar-refractivity contribution in [3.8, 4) is 11.4 Å². The average molecular weight is 395 g/mol. The first-order valence-electron chi connectivity index (χ1n) is 8.96. The summed E-state index contributed by atoms with van der Waals surface area (Å²) in [5, 5.41) is 4.72. The van der Waals surface area contributed by atoms with Gasteiger partial charge in [-0.2, -0.15) is 5.10 Å². The second kappa shape index (κ2) is 7.62. The molecule has 2 heterocycles. The van der Waals surface area contributed by atoms with E-state index in [-0.39, 0.29) is 17.5 Å². The topological polar surface area (TPSA) is 60.1 Å². The van der Waals surface area contributed by atoms with Crippen LogP contribution in [0.3, 0.4) is 0 Å². The van der Waals surface area contributed by atoms with Crippen molar-refractivity contribution in [2.75, 3.05) is 18.1 Å². The minimum atomic E-state index is -2.91. The van der Waals surface area contributed by atoms with Gasteiger partial charge in [0.1, 0.15) is 0 Å². The van der Waals surface area contributed by atoms with Crippen molar-refractivity contribution in [2.24, 2.45) is 7.05 Å². The van der Waals surface area contributed by atoms with Crippen LogP contribution in [0.15, 0.2) is 24.3 Å². The van der Waals surface area contributed by atoms with Crippen LogP contribution in [-0.2, 0) is 23.6 Å². The molecule has 0 aliphatic carbocycles. The molecule has 1 atom stereocenters. The highest BCUT2D eigenvalue weighted by Crippen LogP contribution is 2.21. The molecule has 1 aliphatic heterocycles. The summed E-state index contributed by atoms with van der Waals surface area (Å²) in [5.41, 5.74) is 2.22. The molecule has 0 N–H and O–H groups in total. The van der Waals surface area contributed by atoms with Gasteiger partial charge in [-0.3, -0.25) is 4.90 Å². The summed E-state index contributed by atoms with van der Waals surface area (Å²) in [6, 6.07) is 8.26. The minimum Gasteiger partial charge on any atom is -0.303 e. The first-order valence-corrected chi connectivity index (χ1v) is 11.2. The highest BCUT2D eigenvalue weighted by molar-refractivity contribution is 7.91. The number of hydrogen-bond donors (Lipinski definition) is 0. The van der Waals surface area contributed by atoms with Crippen LogP contribution in [0.25, 0.3) is 11.4 Å². The summed E-state index contributed by atoms with van der Waals surface area (Å²) in [6.45, 7) is 5.51. The molecule has 0 saturated carbocycles. The lowest BCUT2D eigenvalue weighted by Gasteiger charge is -2.27. The van der Waals surface area contributed by atoms with E-state index in [1.54, 1.807) is 0 Å². The van der Waals surface area contributed by atoms with Gasteiger partial charge in [-0.05, 0) is 38.5 Å². The van der Waals surface area contributed by atoms with Crippen LogP contribution in [0.5, 0.6) is 0 Å². The van der Waals surface area contributed by atoms with Crippen LogP contribution in [0.4, 0.5) is 0 Å². The Bertz CT molecular complexity index is 929. The molecular formula is C18H26N4O2S2. The monoisotopic (exact) mass is 394 g/mol. The van der Waals surface area contributed by atoms with Crippen LogP contribution in [-0.4, -0.2) is 51.8 Å². The Morgan fingerprint density at radius 1 is 1.31 bits per heavy atom. The Hall–Kier alpha value is -1.51. The Labute approximate surface area is 160 Å². The highest BCUT2D eigenvalue weighted by atomic mass is 32.2. The van der Waals surface area contributed by atoms with Crippen molar-refractivity contribution in [3.05, 3.63) is 34.6 Å². The van der Waals surface area contributed by atoms with Gasteiger partial charge in [-0.1, -0.05) is 36.8 Å². The number of nitrogens with zero attached hydrogens (tertiary/aromatic N) is 4. The summed E-state index contributed by atoms with van der Waals surface area (Å²) in [6.07, 6.45) is 1.65. The van der Waals surface area contributed by atoms with Gasteiger partial charge in [0.2, 0.25) is 0 Å². The molecule has 0 radical (unpaired) electrons. The molecule has 142 valence electrons. The van der Waals surface area contributed by atoms with E-state index in [2.05, 4.69) is 30.9 Å². The molecule has 26 heavy (non-hydrogen) atoms. The molecule has 1 fully saturated rings. The predicted octanol–water partition coefficient (Wildman–Crippen LogP) is 2.78. The van der Waals surface area contributed by atoms with Crippen molar-refractivity contribution in [3.63, 3.8) is 0 Å². The first-order chi connectivity index (χ1) is 12.3. The van der Waals surface area contributed by atoms with Crippen LogP contribution in [0.1, 0.15) is 25.3 Å². The minimum absolute atomic E-state index is 0.0479. The number of hydrogen-bond acceptors (Lipinski definition) is 5. The Kier molecular flexibility index (Phi) is 5.64. The normalized spacial score (nSPS) is 19.3. The smallest absolute Gasteiger partial charge is 0.199 e. The molecule has 1 aliphatic rings. The van der Waals surface area contributed by atoms with E-state index in [1.807, 2.05) is 28.4 Å². The van der Waals surface area contributed by atoms with Crippen molar-refractivity contribution in [2.45, 2.75) is 39.4 Å². The van der Waals surface area contributed by atoms with Crippen LogP contribution >= 0.6 is 12.2 Å². The number of sulfone groups is 1. The maximum Gasteiger partial charge on any atom is 0.199 e. The zero-order chi connectivity index (χ0) is 18.9. The zero-order valence-electron chi connectivity index (χ0n) is 15.6. The summed E-state index contributed by atoms with van der Waals surface area (Å²) >= 11 is 5.58. The molecule has 2 aromatic rings. The van der Waals surface area contributed by atoms with Crippen molar-refractivity contribution < 1.29 is 8.42 Å². The van der Waals surface area contributed by atoms with Crippen LogP contribution in [0, 0.1) is 11.7 Å². The van der Waals surface area contributed by atoms with Gasteiger partial charge in [-0.15, -0.1) is 0 Å². The molecule has 1 aromatic heterocycles. The maximum absolute atomic E-state index is 11.9. The van der Waals surface area contributed by atoms with Crippen molar-refractivity contribution in [1.29, 1.82) is 0 Å². The van der Waals surface area contributed by atoms with Crippen LogP contribution < -0.4 is 0 Å². The molecule has 3 rings (SSSR count). The van der Waals surface area contributed by atoms with E-state index in [1.165, 1.54) is 5.56 Å². The van der Waals surface area contributed by atoms with E-state index in [0.29, 0.717) is 17.9 Å². The van der Waals surface area contributed by atoms with Gasteiger partial charge < -0.3 is 4.57 Å². The number of aryl methyl sites for hydroxylation is 1. The van der Waals surface area contributed by atoms with Gasteiger partial charge >= 0.3 is 0 Å².